The summed E-state index contributed by atoms with van der Waals surface area (Å²) in [6, 6.07) is 19.2. The van der Waals surface area contributed by atoms with Crippen molar-refractivity contribution in [3.63, 3.8) is 0 Å². The van der Waals surface area contributed by atoms with Gasteiger partial charge in [-0.25, -0.2) is 0 Å². The first kappa shape index (κ1) is 29.8. The molecule has 0 saturated heterocycles. The third kappa shape index (κ3) is 7.98. The highest BCUT2D eigenvalue weighted by molar-refractivity contribution is 6.04. The molecule has 0 radical (unpaired) electrons. The minimum atomic E-state index is -0.266. The Morgan fingerprint density at radius 2 is 1.53 bits per heavy atom. The number of unbranched alkanes of at least 4 members (excludes halogenated alkanes) is 3. The topological polar surface area (TPSA) is 143 Å². The summed E-state index contributed by atoms with van der Waals surface area (Å²) in [6.45, 7) is 1.65. The average Bonchev–Trinajstić information content (AvgIpc) is 3.87. The Morgan fingerprint density at radius 3 is 2.26 bits per heavy atom. The van der Waals surface area contributed by atoms with E-state index in [0.29, 0.717) is 53.4 Å². The number of hydrogen-bond donors (Lipinski definition) is 4. The third-order valence-electron chi connectivity index (χ3n) is 7.50. The lowest BCUT2D eigenvalue weighted by Crippen LogP contribution is -2.33. The van der Waals surface area contributed by atoms with E-state index in [0.717, 1.165) is 44.1 Å². The van der Waals surface area contributed by atoms with Gasteiger partial charge in [0.1, 0.15) is 5.75 Å². The largest absolute Gasteiger partial charge is 0.482 e. The zero-order valence-electron chi connectivity index (χ0n) is 24.1. The maximum Gasteiger partial charge on any atom is 0.262 e. The summed E-state index contributed by atoms with van der Waals surface area (Å²) >= 11 is 0. The Bertz CT molecular complexity index is 1470. The maximum atomic E-state index is 13.4. The highest BCUT2D eigenvalue weighted by atomic mass is 16.5. The number of nitrogens with zero attached hydrogens (tertiary/aromatic N) is 1. The van der Waals surface area contributed by atoms with Crippen molar-refractivity contribution in [2.24, 2.45) is 5.73 Å². The van der Waals surface area contributed by atoms with Gasteiger partial charge in [-0.2, -0.15) is 0 Å². The Kier molecular flexibility index (Phi) is 9.68. The number of benzene rings is 3. The van der Waals surface area contributed by atoms with Crippen LogP contribution in [0.15, 0.2) is 66.7 Å². The van der Waals surface area contributed by atoms with E-state index in [2.05, 4.69) is 16.0 Å². The minimum absolute atomic E-state index is 0.0735. The van der Waals surface area contributed by atoms with Gasteiger partial charge in [0.2, 0.25) is 0 Å². The second-order valence-electron chi connectivity index (χ2n) is 10.9. The van der Waals surface area contributed by atoms with Crippen molar-refractivity contribution < 1.29 is 23.9 Å². The molecule has 0 atom stereocenters. The number of carbonyl (C=O) groups is 4. The van der Waals surface area contributed by atoms with Gasteiger partial charge < -0.3 is 31.3 Å². The van der Waals surface area contributed by atoms with Crippen molar-refractivity contribution in [1.82, 2.24) is 10.2 Å². The molecule has 0 bridgehead atoms. The van der Waals surface area contributed by atoms with Crippen LogP contribution in [-0.2, 0) is 11.3 Å². The first-order chi connectivity index (χ1) is 20.9. The molecular weight excluding hydrogens is 546 g/mol. The van der Waals surface area contributed by atoms with Crippen LogP contribution in [0.3, 0.4) is 0 Å². The fourth-order valence-corrected chi connectivity index (χ4v) is 4.92. The van der Waals surface area contributed by atoms with Gasteiger partial charge >= 0.3 is 0 Å². The van der Waals surface area contributed by atoms with Crippen LogP contribution in [0.4, 0.5) is 11.4 Å². The van der Waals surface area contributed by atoms with Crippen molar-refractivity contribution in [3.8, 4) is 5.75 Å². The highest BCUT2D eigenvalue weighted by Gasteiger charge is 2.33. The SMILES string of the molecule is NCCCCCCNC(=O)c1ccc(NC(=O)c2ccc(CN(C(=O)c3ccc4c(c3)OCC(=O)N4)C3CC3)cc2)cc1. The summed E-state index contributed by atoms with van der Waals surface area (Å²) in [6.07, 6.45) is 5.91. The molecule has 43 heavy (non-hydrogen) atoms. The van der Waals surface area contributed by atoms with Crippen LogP contribution in [0, 0.1) is 0 Å². The number of nitrogens with one attached hydrogen (secondary N) is 3. The second kappa shape index (κ2) is 14.0. The molecule has 1 saturated carbocycles. The number of fused-ring (bicyclic) bond motifs is 1. The molecule has 1 aliphatic heterocycles. The van der Waals surface area contributed by atoms with E-state index in [1.807, 2.05) is 17.0 Å². The van der Waals surface area contributed by atoms with Crippen molar-refractivity contribution in [3.05, 3.63) is 89.0 Å². The van der Waals surface area contributed by atoms with Gasteiger partial charge in [-0.05, 0) is 92.4 Å². The molecule has 0 spiro atoms. The number of rotatable bonds is 13. The van der Waals surface area contributed by atoms with Crippen LogP contribution >= 0.6 is 0 Å². The van der Waals surface area contributed by atoms with Crippen molar-refractivity contribution >= 4 is 35.0 Å². The van der Waals surface area contributed by atoms with Gasteiger partial charge in [-0.1, -0.05) is 25.0 Å². The molecule has 10 heteroatoms. The van der Waals surface area contributed by atoms with Crippen molar-refractivity contribution in [2.45, 2.75) is 51.1 Å². The third-order valence-corrected chi connectivity index (χ3v) is 7.50. The number of carbonyl (C=O) groups excluding carboxylic acids is 4. The molecule has 3 aromatic rings. The molecule has 5 N–H and O–H groups in total. The quantitative estimate of drug-likeness (QED) is 0.221. The Hall–Kier alpha value is -4.70. The van der Waals surface area contributed by atoms with Gasteiger partial charge in [0.05, 0.1) is 5.69 Å². The normalized spacial score (nSPS) is 13.7. The maximum absolute atomic E-state index is 13.4. The Balaban J connectivity index is 1.14. The van der Waals surface area contributed by atoms with Gasteiger partial charge in [0.25, 0.3) is 23.6 Å². The molecule has 3 aromatic carbocycles. The summed E-state index contributed by atoms with van der Waals surface area (Å²) in [5.74, 6) is -0.245. The van der Waals surface area contributed by atoms with E-state index in [1.54, 1.807) is 54.6 Å². The van der Waals surface area contributed by atoms with E-state index in [4.69, 9.17) is 10.5 Å². The van der Waals surface area contributed by atoms with Gasteiger partial charge in [-0.3, -0.25) is 19.2 Å². The summed E-state index contributed by atoms with van der Waals surface area (Å²) < 4.78 is 5.48. The predicted molar refractivity (Wildman–Crippen MR) is 164 cm³/mol. The number of ether oxygens (including phenoxy) is 1. The molecule has 1 aliphatic carbocycles. The smallest absolute Gasteiger partial charge is 0.262 e. The highest BCUT2D eigenvalue weighted by Crippen LogP contribution is 2.33. The van der Waals surface area contributed by atoms with Crippen molar-refractivity contribution in [2.75, 3.05) is 30.3 Å². The lowest BCUT2D eigenvalue weighted by molar-refractivity contribution is -0.118. The molecule has 2 aliphatic rings. The van der Waals surface area contributed by atoms with E-state index in [1.165, 1.54) is 0 Å². The molecule has 0 unspecified atom stereocenters. The van der Waals surface area contributed by atoms with E-state index in [9.17, 15) is 19.2 Å². The fourth-order valence-electron chi connectivity index (χ4n) is 4.92. The molecular formula is C33H37N5O5. The van der Waals surface area contributed by atoms with Crippen LogP contribution in [0.2, 0.25) is 0 Å². The Morgan fingerprint density at radius 1 is 0.860 bits per heavy atom. The molecule has 1 fully saturated rings. The number of nitrogens with two attached hydrogens (primary N) is 1. The monoisotopic (exact) mass is 583 g/mol. The zero-order chi connectivity index (χ0) is 30.2. The van der Waals surface area contributed by atoms with E-state index >= 15 is 0 Å². The molecule has 4 amide bonds. The lowest BCUT2D eigenvalue weighted by atomic mass is 10.1. The summed E-state index contributed by atoms with van der Waals surface area (Å²) in [4.78, 5) is 52.0. The van der Waals surface area contributed by atoms with Crippen LogP contribution in [0.25, 0.3) is 0 Å². The fraction of sp³-hybridized carbons (Fsp3) is 0.333. The lowest BCUT2D eigenvalue weighted by Gasteiger charge is -2.24. The molecule has 5 rings (SSSR count). The first-order valence-electron chi connectivity index (χ1n) is 14.8. The predicted octanol–water partition coefficient (Wildman–Crippen LogP) is 4.32. The molecule has 224 valence electrons. The summed E-state index contributed by atoms with van der Waals surface area (Å²) in [5.41, 5.74) is 9.08. The molecule has 0 aromatic heterocycles. The second-order valence-corrected chi connectivity index (χ2v) is 10.9. The standard InChI is InChI=1S/C33H37N5O5/c34-17-3-1-2-4-18-35-31(40)23-9-12-26(13-10-23)36-32(41)24-7-5-22(6-8-24)20-38(27-14-15-27)33(42)25-11-16-28-29(19-25)43-21-30(39)37-28/h5-13,16,19,27H,1-4,14-15,17-18,20-21,34H2,(H,35,40)(H,36,41)(H,37,39). The van der Waals surface area contributed by atoms with Crippen LogP contribution in [0.1, 0.15) is 75.2 Å². The van der Waals surface area contributed by atoms with Crippen LogP contribution in [0.5, 0.6) is 5.75 Å². The molecule has 1 heterocycles. The molecule has 10 nitrogen and oxygen atoms in total. The summed E-state index contributed by atoms with van der Waals surface area (Å²) in [7, 11) is 0. The number of hydrogen-bond acceptors (Lipinski definition) is 6. The average molecular weight is 584 g/mol. The Labute approximate surface area is 251 Å². The van der Waals surface area contributed by atoms with Crippen LogP contribution < -0.4 is 26.4 Å². The van der Waals surface area contributed by atoms with E-state index < -0.39 is 0 Å². The minimum Gasteiger partial charge on any atom is -0.482 e. The number of amides is 4. The van der Waals surface area contributed by atoms with Gasteiger partial charge in [0, 0.05) is 41.5 Å². The van der Waals surface area contributed by atoms with Gasteiger partial charge in [0.15, 0.2) is 6.61 Å². The van der Waals surface area contributed by atoms with E-state index in [-0.39, 0.29) is 36.3 Å². The first-order valence-corrected chi connectivity index (χ1v) is 14.8. The van der Waals surface area contributed by atoms with Crippen LogP contribution in [-0.4, -0.2) is 54.3 Å². The number of anilines is 2. The van der Waals surface area contributed by atoms with Gasteiger partial charge in [-0.15, -0.1) is 0 Å². The van der Waals surface area contributed by atoms with Crippen molar-refractivity contribution in [1.29, 1.82) is 0 Å². The summed E-state index contributed by atoms with van der Waals surface area (Å²) in [5, 5.41) is 8.53. The zero-order valence-corrected chi connectivity index (χ0v) is 24.1.